The van der Waals surface area contributed by atoms with Crippen LogP contribution in [0.1, 0.15) is 30.7 Å². The molecule has 0 bridgehead atoms. The molecule has 4 heteroatoms. The first-order valence-electron chi connectivity index (χ1n) is 6.83. The Labute approximate surface area is 119 Å². The number of rotatable bonds is 6. The first-order chi connectivity index (χ1) is 9.60. The van der Waals surface area contributed by atoms with E-state index in [1.54, 1.807) is 0 Å². The first kappa shape index (κ1) is 14.3. The molecule has 1 aliphatic carbocycles. The van der Waals surface area contributed by atoms with Gasteiger partial charge in [0.15, 0.2) is 0 Å². The molecule has 0 spiro atoms. The number of nitrogens with zero attached hydrogens (tertiary/aromatic N) is 1. The minimum Gasteiger partial charge on any atom is -0.374 e. The number of carbonyl (C=O) groups is 2. The molecule has 0 heterocycles. The Bertz CT molecular complexity index is 500. The van der Waals surface area contributed by atoms with Crippen molar-refractivity contribution in [2.45, 2.75) is 25.2 Å². The van der Waals surface area contributed by atoms with Gasteiger partial charge in [0.2, 0.25) is 5.91 Å². The standard InChI is InChI=1S/C16H20N2O2/c1-3-17-16(20)8-9-18(2)14-6-4-12(5-7-14)13-10-15(19)11-13/h3-7,13H,1,8-11H2,2H3,(H,17,20). The molecule has 20 heavy (non-hydrogen) atoms. The molecule has 1 aromatic carbocycles. The molecular formula is C16H20N2O2. The first-order valence-corrected chi connectivity index (χ1v) is 6.83. The molecule has 1 N–H and O–H groups in total. The Morgan fingerprint density at radius 1 is 1.40 bits per heavy atom. The maximum absolute atomic E-state index is 11.4. The van der Waals surface area contributed by atoms with Gasteiger partial charge in [0.1, 0.15) is 5.78 Å². The van der Waals surface area contributed by atoms with Crippen molar-refractivity contribution in [2.24, 2.45) is 0 Å². The number of benzene rings is 1. The number of ketones is 1. The van der Waals surface area contributed by atoms with E-state index in [9.17, 15) is 9.59 Å². The van der Waals surface area contributed by atoms with E-state index < -0.39 is 0 Å². The minimum atomic E-state index is -0.0311. The van der Waals surface area contributed by atoms with Crippen molar-refractivity contribution in [1.82, 2.24) is 5.32 Å². The molecule has 1 aliphatic rings. The molecule has 0 unspecified atom stereocenters. The Hall–Kier alpha value is -2.10. The smallest absolute Gasteiger partial charge is 0.225 e. The Morgan fingerprint density at radius 2 is 2.05 bits per heavy atom. The second-order valence-electron chi connectivity index (χ2n) is 5.18. The normalized spacial score (nSPS) is 14.6. The Balaban J connectivity index is 1.87. The van der Waals surface area contributed by atoms with Gasteiger partial charge in [-0.1, -0.05) is 18.7 Å². The van der Waals surface area contributed by atoms with Crippen molar-refractivity contribution in [1.29, 1.82) is 0 Å². The van der Waals surface area contributed by atoms with Crippen LogP contribution in [0.4, 0.5) is 5.69 Å². The van der Waals surface area contributed by atoms with Gasteiger partial charge in [-0.15, -0.1) is 0 Å². The van der Waals surface area contributed by atoms with Gasteiger partial charge < -0.3 is 10.2 Å². The van der Waals surface area contributed by atoms with E-state index in [0.717, 1.165) is 5.69 Å². The largest absolute Gasteiger partial charge is 0.374 e. The zero-order valence-electron chi connectivity index (χ0n) is 11.8. The number of hydrogen-bond donors (Lipinski definition) is 1. The van der Waals surface area contributed by atoms with E-state index in [4.69, 9.17) is 0 Å². The molecule has 2 rings (SSSR count). The van der Waals surface area contributed by atoms with Gasteiger partial charge in [0.05, 0.1) is 0 Å². The topological polar surface area (TPSA) is 49.4 Å². The molecule has 1 aromatic rings. The second-order valence-corrected chi connectivity index (χ2v) is 5.18. The average molecular weight is 272 g/mol. The SMILES string of the molecule is C=CNC(=O)CCN(C)c1ccc(C2CC(=O)C2)cc1. The lowest BCUT2D eigenvalue weighted by Crippen LogP contribution is -2.26. The maximum Gasteiger partial charge on any atom is 0.225 e. The van der Waals surface area contributed by atoms with Crippen molar-refractivity contribution in [3.05, 3.63) is 42.6 Å². The summed E-state index contributed by atoms with van der Waals surface area (Å²) in [6.45, 7) is 4.12. The van der Waals surface area contributed by atoms with Crippen LogP contribution in [0, 0.1) is 0 Å². The lowest BCUT2D eigenvalue weighted by atomic mass is 9.79. The molecule has 1 saturated carbocycles. The summed E-state index contributed by atoms with van der Waals surface area (Å²) in [6, 6.07) is 8.24. The van der Waals surface area contributed by atoms with Crippen LogP contribution in [0.25, 0.3) is 0 Å². The van der Waals surface area contributed by atoms with Crippen molar-refractivity contribution < 1.29 is 9.59 Å². The number of hydrogen-bond acceptors (Lipinski definition) is 3. The van der Waals surface area contributed by atoms with Crippen LogP contribution < -0.4 is 10.2 Å². The average Bonchev–Trinajstić information content (AvgIpc) is 2.42. The summed E-state index contributed by atoms with van der Waals surface area (Å²) < 4.78 is 0. The van der Waals surface area contributed by atoms with Crippen LogP contribution in [0.15, 0.2) is 37.0 Å². The monoisotopic (exact) mass is 272 g/mol. The van der Waals surface area contributed by atoms with E-state index in [-0.39, 0.29) is 5.91 Å². The Morgan fingerprint density at radius 3 is 2.60 bits per heavy atom. The van der Waals surface area contributed by atoms with Gasteiger partial charge in [-0.3, -0.25) is 9.59 Å². The van der Waals surface area contributed by atoms with E-state index >= 15 is 0 Å². The van der Waals surface area contributed by atoms with Crippen LogP contribution >= 0.6 is 0 Å². The summed E-state index contributed by atoms with van der Waals surface area (Å²) in [4.78, 5) is 24.4. The van der Waals surface area contributed by atoms with Gasteiger partial charge in [-0.05, 0) is 29.8 Å². The highest BCUT2D eigenvalue weighted by Gasteiger charge is 2.27. The molecule has 1 amide bonds. The fourth-order valence-electron chi connectivity index (χ4n) is 2.31. The molecule has 4 nitrogen and oxygen atoms in total. The number of anilines is 1. The highest BCUT2D eigenvalue weighted by molar-refractivity contribution is 5.86. The van der Waals surface area contributed by atoms with E-state index in [2.05, 4.69) is 24.0 Å². The maximum atomic E-state index is 11.4. The van der Waals surface area contributed by atoms with Gasteiger partial charge in [0.25, 0.3) is 0 Å². The minimum absolute atomic E-state index is 0.0311. The predicted octanol–water partition coefficient (Wildman–Crippen LogP) is 2.22. The Kier molecular flexibility index (Phi) is 4.56. The molecule has 106 valence electrons. The third-order valence-corrected chi connectivity index (χ3v) is 3.69. The molecule has 0 atom stereocenters. The van der Waals surface area contributed by atoms with Gasteiger partial charge in [0, 0.05) is 38.5 Å². The van der Waals surface area contributed by atoms with Gasteiger partial charge >= 0.3 is 0 Å². The zero-order valence-corrected chi connectivity index (χ0v) is 11.8. The number of nitrogens with one attached hydrogen (secondary N) is 1. The van der Waals surface area contributed by atoms with E-state index in [1.807, 2.05) is 24.1 Å². The molecular weight excluding hydrogens is 252 g/mol. The quantitative estimate of drug-likeness (QED) is 0.864. The van der Waals surface area contributed by atoms with E-state index in [0.29, 0.717) is 37.5 Å². The number of carbonyl (C=O) groups excluding carboxylic acids is 2. The zero-order chi connectivity index (χ0) is 14.5. The van der Waals surface area contributed by atoms with Crippen molar-refractivity contribution >= 4 is 17.4 Å². The summed E-state index contributed by atoms with van der Waals surface area (Å²) in [5, 5.41) is 2.56. The highest BCUT2D eigenvalue weighted by Crippen LogP contribution is 2.34. The lowest BCUT2D eigenvalue weighted by molar-refractivity contribution is -0.124. The van der Waals surface area contributed by atoms with Crippen LogP contribution in [0.5, 0.6) is 0 Å². The second kappa shape index (κ2) is 6.37. The molecule has 0 radical (unpaired) electrons. The molecule has 0 saturated heterocycles. The summed E-state index contributed by atoms with van der Waals surface area (Å²) in [5.74, 6) is 0.723. The molecule has 1 fully saturated rings. The van der Waals surface area contributed by atoms with Crippen molar-refractivity contribution in [3.63, 3.8) is 0 Å². The number of Topliss-reactive ketones (excluding diaryl/α,β-unsaturated/α-hetero) is 1. The van der Waals surface area contributed by atoms with Crippen LogP contribution in [-0.4, -0.2) is 25.3 Å². The van der Waals surface area contributed by atoms with Gasteiger partial charge in [-0.25, -0.2) is 0 Å². The summed E-state index contributed by atoms with van der Waals surface area (Å²) in [5.41, 5.74) is 2.30. The fraction of sp³-hybridized carbons (Fsp3) is 0.375. The lowest BCUT2D eigenvalue weighted by Gasteiger charge is -2.25. The highest BCUT2D eigenvalue weighted by atomic mass is 16.1. The fourth-order valence-corrected chi connectivity index (χ4v) is 2.31. The van der Waals surface area contributed by atoms with Crippen LogP contribution in [-0.2, 0) is 9.59 Å². The summed E-state index contributed by atoms with van der Waals surface area (Å²) >= 11 is 0. The van der Waals surface area contributed by atoms with Crippen LogP contribution in [0.3, 0.4) is 0 Å². The van der Waals surface area contributed by atoms with Crippen LogP contribution in [0.2, 0.25) is 0 Å². The summed E-state index contributed by atoms with van der Waals surface area (Å²) in [6.07, 6.45) is 3.19. The number of amides is 1. The predicted molar refractivity (Wildman–Crippen MR) is 79.7 cm³/mol. The third-order valence-electron chi connectivity index (χ3n) is 3.69. The van der Waals surface area contributed by atoms with Gasteiger partial charge in [-0.2, -0.15) is 0 Å². The molecule has 0 aliphatic heterocycles. The molecule has 0 aromatic heterocycles. The van der Waals surface area contributed by atoms with Crippen molar-refractivity contribution in [2.75, 3.05) is 18.5 Å². The third kappa shape index (κ3) is 3.47. The van der Waals surface area contributed by atoms with E-state index in [1.165, 1.54) is 11.8 Å². The van der Waals surface area contributed by atoms with Crippen molar-refractivity contribution in [3.8, 4) is 0 Å². The summed E-state index contributed by atoms with van der Waals surface area (Å²) in [7, 11) is 1.96.